The fourth-order valence-electron chi connectivity index (χ4n) is 3.35. The minimum absolute atomic E-state index is 0.0848. The number of hydrogen-bond donors (Lipinski definition) is 1. The Morgan fingerprint density at radius 2 is 2.10 bits per heavy atom. The van der Waals surface area contributed by atoms with Gasteiger partial charge in [0.2, 0.25) is 11.7 Å². The van der Waals surface area contributed by atoms with Crippen LogP contribution < -0.4 is 5.32 Å². The molecular weight excluding hydrogens is 266 g/mol. The number of methoxy groups -OCH3 is 1. The Labute approximate surface area is 127 Å². The van der Waals surface area contributed by atoms with Gasteiger partial charge in [0.25, 0.3) is 0 Å². The summed E-state index contributed by atoms with van der Waals surface area (Å²) in [6, 6.07) is 0.586. The lowest BCUT2D eigenvalue weighted by atomic mass is 9.82. The number of nitrogens with zero attached hydrogens (tertiary/aromatic N) is 2. The van der Waals surface area contributed by atoms with E-state index in [-0.39, 0.29) is 6.10 Å². The van der Waals surface area contributed by atoms with E-state index in [0.717, 1.165) is 18.9 Å². The Balaban J connectivity index is 2.00. The van der Waals surface area contributed by atoms with Crippen LogP contribution >= 0.6 is 0 Å². The van der Waals surface area contributed by atoms with Crippen LogP contribution in [0, 0.1) is 11.8 Å². The van der Waals surface area contributed by atoms with Crippen molar-refractivity contribution in [3.63, 3.8) is 0 Å². The largest absolute Gasteiger partial charge is 0.373 e. The predicted octanol–water partition coefficient (Wildman–Crippen LogP) is 3.12. The van der Waals surface area contributed by atoms with Gasteiger partial charge in [0.1, 0.15) is 6.10 Å². The monoisotopic (exact) mass is 295 g/mol. The number of nitrogens with one attached hydrogen (secondary N) is 1. The predicted molar refractivity (Wildman–Crippen MR) is 82.0 cm³/mol. The average molecular weight is 295 g/mol. The summed E-state index contributed by atoms with van der Waals surface area (Å²) in [6.07, 6.45) is 5.92. The lowest BCUT2D eigenvalue weighted by Crippen LogP contribution is -2.39. The normalized spacial score (nSPS) is 24.4. The molecule has 0 aromatic carbocycles. The van der Waals surface area contributed by atoms with E-state index < -0.39 is 0 Å². The maximum Gasteiger partial charge on any atom is 0.227 e. The molecule has 3 unspecified atom stereocenters. The molecule has 120 valence electrons. The molecule has 1 aromatic heterocycles. The first-order chi connectivity index (χ1) is 10.2. The molecule has 0 radical (unpaired) electrons. The van der Waals surface area contributed by atoms with Crippen molar-refractivity contribution in [2.24, 2.45) is 11.8 Å². The van der Waals surface area contributed by atoms with E-state index in [1.54, 1.807) is 7.11 Å². The third-order valence-corrected chi connectivity index (χ3v) is 4.41. The molecule has 1 aliphatic carbocycles. The fraction of sp³-hybridized carbons (Fsp3) is 0.875. The zero-order chi connectivity index (χ0) is 15.2. The molecule has 1 N–H and O–H groups in total. The first kappa shape index (κ1) is 16.4. The standard InChI is InChI=1S/C16H29N3O2/c1-5-17-13-9-7-6-8-12(13)10-14-18-16(19-21-14)15(20-4)11(2)3/h11-13,15,17H,5-10H2,1-4H3. The summed E-state index contributed by atoms with van der Waals surface area (Å²) in [7, 11) is 1.70. The minimum Gasteiger partial charge on any atom is -0.373 e. The summed E-state index contributed by atoms with van der Waals surface area (Å²) in [5.74, 6) is 2.37. The van der Waals surface area contributed by atoms with E-state index in [2.05, 4.69) is 36.2 Å². The zero-order valence-corrected chi connectivity index (χ0v) is 13.8. The molecule has 0 spiro atoms. The van der Waals surface area contributed by atoms with Crippen LogP contribution in [0.15, 0.2) is 4.52 Å². The molecule has 0 saturated heterocycles. The van der Waals surface area contributed by atoms with E-state index in [1.165, 1.54) is 25.7 Å². The molecule has 5 nitrogen and oxygen atoms in total. The lowest BCUT2D eigenvalue weighted by Gasteiger charge is -2.31. The molecule has 0 amide bonds. The van der Waals surface area contributed by atoms with E-state index in [9.17, 15) is 0 Å². The molecular formula is C16H29N3O2. The van der Waals surface area contributed by atoms with Gasteiger partial charge in [-0.3, -0.25) is 0 Å². The van der Waals surface area contributed by atoms with E-state index in [0.29, 0.717) is 23.7 Å². The van der Waals surface area contributed by atoms with Crippen LogP contribution in [0.2, 0.25) is 0 Å². The maximum absolute atomic E-state index is 5.46. The van der Waals surface area contributed by atoms with Crippen LogP contribution in [0.4, 0.5) is 0 Å². The van der Waals surface area contributed by atoms with E-state index >= 15 is 0 Å². The molecule has 2 rings (SSSR count). The highest BCUT2D eigenvalue weighted by atomic mass is 16.5. The van der Waals surface area contributed by atoms with Crippen molar-refractivity contribution in [2.45, 2.75) is 65.0 Å². The molecule has 1 saturated carbocycles. The van der Waals surface area contributed by atoms with Gasteiger partial charge in [-0.1, -0.05) is 38.8 Å². The summed E-state index contributed by atoms with van der Waals surface area (Å²) < 4.78 is 10.9. The Hall–Kier alpha value is -0.940. The van der Waals surface area contributed by atoms with Gasteiger partial charge < -0.3 is 14.6 Å². The van der Waals surface area contributed by atoms with Gasteiger partial charge in [0, 0.05) is 19.6 Å². The van der Waals surface area contributed by atoms with Crippen LogP contribution in [-0.4, -0.2) is 29.8 Å². The van der Waals surface area contributed by atoms with Crippen molar-refractivity contribution < 1.29 is 9.26 Å². The fourth-order valence-corrected chi connectivity index (χ4v) is 3.35. The molecule has 0 bridgehead atoms. The Kier molecular flexibility index (Phi) is 6.18. The van der Waals surface area contributed by atoms with Gasteiger partial charge in [0.05, 0.1) is 0 Å². The van der Waals surface area contributed by atoms with Crippen LogP contribution in [0.3, 0.4) is 0 Å². The second-order valence-corrected chi connectivity index (χ2v) is 6.36. The number of rotatable bonds is 7. The second kappa shape index (κ2) is 7.90. The quantitative estimate of drug-likeness (QED) is 0.837. The Morgan fingerprint density at radius 3 is 2.76 bits per heavy atom. The third kappa shape index (κ3) is 4.27. The van der Waals surface area contributed by atoms with Gasteiger partial charge in [-0.2, -0.15) is 4.98 Å². The van der Waals surface area contributed by atoms with Crippen LogP contribution in [-0.2, 0) is 11.2 Å². The summed E-state index contributed by atoms with van der Waals surface area (Å²) >= 11 is 0. The van der Waals surface area contributed by atoms with Crippen molar-refractivity contribution in [1.82, 2.24) is 15.5 Å². The van der Waals surface area contributed by atoms with Gasteiger partial charge in [-0.05, 0) is 31.2 Å². The molecule has 3 atom stereocenters. The van der Waals surface area contributed by atoms with Gasteiger partial charge in [-0.15, -0.1) is 0 Å². The SMILES string of the molecule is CCNC1CCCCC1Cc1nc(C(OC)C(C)C)no1. The third-order valence-electron chi connectivity index (χ3n) is 4.41. The van der Waals surface area contributed by atoms with Gasteiger partial charge in [0.15, 0.2) is 0 Å². The summed E-state index contributed by atoms with van der Waals surface area (Å²) in [5.41, 5.74) is 0. The summed E-state index contributed by atoms with van der Waals surface area (Å²) in [5, 5.41) is 7.71. The van der Waals surface area contributed by atoms with E-state index in [4.69, 9.17) is 9.26 Å². The molecule has 1 aliphatic rings. The second-order valence-electron chi connectivity index (χ2n) is 6.36. The number of hydrogen-bond acceptors (Lipinski definition) is 5. The van der Waals surface area contributed by atoms with Crippen LogP contribution in [0.5, 0.6) is 0 Å². The van der Waals surface area contributed by atoms with Crippen molar-refractivity contribution in [3.05, 3.63) is 11.7 Å². The van der Waals surface area contributed by atoms with Crippen molar-refractivity contribution >= 4 is 0 Å². The summed E-state index contributed by atoms with van der Waals surface area (Å²) in [6.45, 7) is 7.40. The first-order valence-corrected chi connectivity index (χ1v) is 8.24. The van der Waals surface area contributed by atoms with Crippen molar-refractivity contribution in [1.29, 1.82) is 0 Å². The smallest absolute Gasteiger partial charge is 0.227 e. The molecule has 5 heteroatoms. The summed E-state index contributed by atoms with van der Waals surface area (Å²) in [4.78, 5) is 4.56. The first-order valence-electron chi connectivity index (χ1n) is 8.24. The highest BCUT2D eigenvalue weighted by Crippen LogP contribution is 2.28. The zero-order valence-electron chi connectivity index (χ0n) is 13.8. The lowest BCUT2D eigenvalue weighted by molar-refractivity contribution is 0.0555. The highest BCUT2D eigenvalue weighted by molar-refractivity contribution is 4.95. The Bertz CT molecular complexity index is 417. The number of ether oxygens (including phenoxy) is 1. The van der Waals surface area contributed by atoms with E-state index in [1.807, 2.05) is 0 Å². The van der Waals surface area contributed by atoms with Crippen LogP contribution in [0.1, 0.15) is 64.3 Å². The molecule has 1 aromatic rings. The minimum atomic E-state index is -0.0848. The van der Waals surface area contributed by atoms with Gasteiger partial charge in [-0.25, -0.2) is 0 Å². The molecule has 1 heterocycles. The van der Waals surface area contributed by atoms with Gasteiger partial charge >= 0.3 is 0 Å². The van der Waals surface area contributed by atoms with Crippen molar-refractivity contribution in [3.8, 4) is 0 Å². The molecule has 1 fully saturated rings. The average Bonchev–Trinajstić information content (AvgIpc) is 2.90. The Morgan fingerprint density at radius 1 is 1.33 bits per heavy atom. The highest BCUT2D eigenvalue weighted by Gasteiger charge is 2.27. The van der Waals surface area contributed by atoms with Crippen LogP contribution in [0.25, 0.3) is 0 Å². The molecule has 21 heavy (non-hydrogen) atoms. The molecule has 0 aliphatic heterocycles. The number of aromatic nitrogens is 2. The van der Waals surface area contributed by atoms with Crippen molar-refractivity contribution in [2.75, 3.05) is 13.7 Å². The topological polar surface area (TPSA) is 60.2 Å². The maximum atomic E-state index is 5.46.